The average Bonchev–Trinajstić information content (AvgIpc) is 3.12. The number of halogens is 2. The number of hydrogen-bond donors (Lipinski definition) is 1. The summed E-state index contributed by atoms with van der Waals surface area (Å²) in [6.45, 7) is 0. The zero-order valence-electron chi connectivity index (χ0n) is 13.5. The number of methoxy groups -OCH3 is 1. The Bertz CT molecular complexity index is 933. The van der Waals surface area contributed by atoms with Crippen LogP contribution in [0.15, 0.2) is 52.1 Å². The molecule has 0 fully saturated rings. The van der Waals surface area contributed by atoms with Crippen molar-refractivity contribution in [1.82, 2.24) is 10.2 Å². The summed E-state index contributed by atoms with van der Waals surface area (Å²) in [5.41, 5.74) is 0.400. The largest absolute Gasteiger partial charge is 0.496 e. The predicted octanol–water partition coefficient (Wildman–Crippen LogP) is 3.75. The number of carbonyl (C=O) groups is 1. The number of para-hydroxylation sites is 1. The van der Waals surface area contributed by atoms with Crippen LogP contribution in [0.25, 0.3) is 11.5 Å². The molecule has 0 radical (unpaired) electrons. The van der Waals surface area contributed by atoms with Crippen molar-refractivity contribution in [2.75, 3.05) is 18.2 Å². The Morgan fingerprint density at radius 1 is 1.23 bits per heavy atom. The molecular weight excluding hydrogens is 364 g/mol. The molecule has 0 atom stereocenters. The first-order chi connectivity index (χ1) is 12.6. The summed E-state index contributed by atoms with van der Waals surface area (Å²) < 4.78 is 37.4. The van der Waals surface area contributed by atoms with Crippen molar-refractivity contribution >= 4 is 23.4 Å². The van der Waals surface area contributed by atoms with Crippen molar-refractivity contribution in [2.45, 2.75) is 5.22 Å². The molecule has 9 heteroatoms. The Kier molecular flexibility index (Phi) is 5.47. The van der Waals surface area contributed by atoms with E-state index in [1.807, 2.05) is 6.07 Å². The van der Waals surface area contributed by atoms with Crippen LogP contribution < -0.4 is 10.1 Å². The fourth-order valence-corrected chi connectivity index (χ4v) is 2.67. The van der Waals surface area contributed by atoms with Crippen molar-refractivity contribution in [3.63, 3.8) is 0 Å². The Labute approximate surface area is 151 Å². The number of amides is 1. The van der Waals surface area contributed by atoms with Gasteiger partial charge in [-0.25, -0.2) is 8.78 Å². The summed E-state index contributed by atoms with van der Waals surface area (Å²) >= 11 is 0.977. The van der Waals surface area contributed by atoms with E-state index < -0.39 is 17.5 Å². The van der Waals surface area contributed by atoms with Crippen molar-refractivity contribution in [3.05, 3.63) is 54.1 Å². The summed E-state index contributed by atoms with van der Waals surface area (Å²) in [5, 5.41) is 10.2. The lowest BCUT2D eigenvalue weighted by Gasteiger charge is -2.05. The van der Waals surface area contributed by atoms with Gasteiger partial charge in [-0.05, 0) is 24.3 Å². The quantitative estimate of drug-likeness (QED) is 0.659. The molecule has 0 saturated heterocycles. The van der Waals surface area contributed by atoms with Crippen molar-refractivity contribution < 1.29 is 22.7 Å². The zero-order chi connectivity index (χ0) is 18.5. The average molecular weight is 377 g/mol. The van der Waals surface area contributed by atoms with Gasteiger partial charge in [0.1, 0.15) is 17.4 Å². The number of thioether (sulfide) groups is 1. The van der Waals surface area contributed by atoms with Gasteiger partial charge in [0, 0.05) is 6.07 Å². The van der Waals surface area contributed by atoms with E-state index in [9.17, 15) is 13.6 Å². The van der Waals surface area contributed by atoms with E-state index in [1.165, 1.54) is 7.11 Å². The van der Waals surface area contributed by atoms with Crippen LogP contribution >= 0.6 is 11.8 Å². The molecule has 3 aromatic rings. The molecule has 1 aromatic heterocycles. The maximum Gasteiger partial charge on any atom is 0.277 e. The van der Waals surface area contributed by atoms with Crippen LogP contribution in [0.1, 0.15) is 0 Å². The molecule has 6 nitrogen and oxygen atoms in total. The first kappa shape index (κ1) is 17.9. The Morgan fingerprint density at radius 3 is 2.85 bits per heavy atom. The van der Waals surface area contributed by atoms with Gasteiger partial charge in [0.15, 0.2) is 0 Å². The van der Waals surface area contributed by atoms with E-state index in [4.69, 9.17) is 9.15 Å². The summed E-state index contributed by atoms with van der Waals surface area (Å²) in [6.07, 6.45) is 0. The third kappa shape index (κ3) is 4.17. The minimum atomic E-state index is -0.721. The number of aromatic nitrogens is 2. The van der Waals surface area contributed by atoms with Crippen molar-refractivity contribution in [1.29, 1.82) is 0 Å². The molecule has 0 aliphatic heterocycles. The Morgan fingerprint density at radius 2 is 2.04 bits per heavy atom. The van der Waals surface area contributed by atoms with Crippen LogP contribution in [-0.4, -0.2) is 29.0 Å². The minimum absolute atomic E-state index is 0.108. The molecule has 2 aromatic carbocycles. The molecule has 0 saturated carbocycles. The second-order valence-corrected chi connectivity index (χ2v) is 5.96. The van der Waals surface area contributed by atoms with Gasteiger partial charge in [-0.1, -0.05) is 23.9 Å². The topological polar surface area (TPSA) is 77.2 Å². The van der Waals surface area contributed by atoms with Crippen LogP contribution in [0.4, 0.5) is 14.5 Å². The van der Waals surface area contributed by atoms with E-state index in [0.717, 1.165) is 30.0 Å². The number of carbonyl (C=O) groups excluding carboxylic acids is 1. The van der Waals surface area contributed by atoms with E-state index >= 15 is 0 Å². The minimum Gasteiger partial charge on any atom is -0.496 e. The third-order valence-electron chi connectivity index (χ3n) is 3.27. The maximum atomic E-state index is 13.5. The van der Waals surface area contributed by atoms with Gasteiger partial charge in [0.05, 0.1) is 24.1 Å². The number of benzene rings is 2. The molecule has 0 aliphatic carbocycles. The second-order valence-electron chi connectivity index (χ2n) is 5.03. The molecule has 26 heavy (non-hydrogen) atoms. The molecule has 0 unspecified atom stereocenters. The lowest BCUT2D eigenvalue weighted by Crippen LogP contribution is -2.15. The van der Waals surface area contributed by atoms with Gasteiger partial charge in [0.2, 0.25) is 5.91 Å². The fourth-order valence-electron chi connectivity index (χ4n) is 2.11. The normalized spacial score (nSPS) is 10.6. The monoisotopic (exact) mass is 377 g/mol. The van der Waals surface area contributed by atoms with Crippen LogP contribution in [-0.2, 0) is 4.79 Å². The van der Waals surface area contributed by atoms with Crippen molar-refractivity contribution in [3.8, 4) is 17.2 Å². The number of rotatable bonds is 6. The van der Waals surface area contributed by atoms with E-state index in [2.05, 4.69) is 15.5 Å². The highest BCUT2D eigenvalue weighted by Gasteiger charge is 2.15. The van der Waals surface area contributed by atoms with Gasteiger partial charge in [-0.3, -0.25) is 4.79 Å². The standard InChI is InChI=1S/C17H13F2N3O3S/c1-24-14-5-3-2-4-11(14)16-21-22-17(25-16)26-9-15(23)20-13-8-10(18)6-7-12(13)19/h2-8H,9H2,1H3,(H,20,23). The summed E-state index contributed by atoms with van der Waals surface area (Å²) in [7, 11) is 1.53. The number of nitrogens with one attached hydrogen (secondary N) is 1. The number of anilines is 1. The third-order valence-corrected chi connectivity index (χ3v) is 4.09. The van der Waals surface area contributed by atoms with Crippen molar-refractivity contribution in [2.24, 2.45) is 0 Å². The zero-order valence-corrected chi connectivity index (χ0v) is 14.3. The molecule has 1 heterocycles. The summed E-state index contributed by atoms with van der Waals surface area (Å²) in [5.74, 6) is -1.18. The second kappa shape index (κ2) is 7.96. The lowest BCUT2D eigenvalue weighted by atomic mass is 10.2. The molecular formula is C17H13F2N3O3S. The molecule has 1 N–H and O–H groups in total. The highest BCUT2D eigenvalue weighted by Crippen LogP contribution is 2.30. The molecule has 0 aliphatic rings. The lowest BCUT2D eigenvalue weighted by molar-refractivity contribution is -0.113. The Balaban J connectivity index is 1.63. The number of nitrogens with zero attached hydrogens (tertiary/aromatic N) is 2. The first-order valence-electron chi connectivity index (χ1n) is 7.41. The Hall–Kier alpha value is -2.94. The van der Waals surface area contributed by atoms with Crippen LogP contribution in [0, 0.1) is 11.6 Å². The predicted molar refractivity (Wildman–Crippen MR) is 92.0 cm³/mol. The van der Waals surface area contributed by atoms with E-state index in [0.29, 0.717) is 11.3 Å². The van der Waals surface area contributed by atoms with E-state index in [-0.39, 0.29) is 22.6 Å². The SMILES string of the molecule is COc1ccccc1-c1nnc(SCC(=O)Nc2cc(F)ccc2F)o1. The highest BCUT2D eigenvalue weighted by atomic mass is 32.2. The molecule has 0 bridgehead atoms. The van der Waals surface area contributed by atoms with Crippen LogP contribution in [0.3, 0.4) is 0 Å². The van der Waals surface area contributed by atoms with Gasteiger partial charge in [-0.2, -0.15) is 0 Å². The van der Waals surface area contributed by atoms with Gasteiger partial charge >= 0.3 is 0 Å². The van der Waals surface area contributed by atoms with Crippen LogP contribution in [0.2, 0.25) is 0 Å². The number of ether oxygens (including phenoxy) is 1. The van der Waals surface area contributed by atoms with Gasteiger partial charge < -0.3 is 14.5 Å². The molecule has 1 amide bonds. The highest BCUT2D eigenvalue weighted by molar-refractivity contribution is 7.99. The molecule has 0 spiro atoms. The maximum absolute atomic E-state index is 13.5. The van der Waals surface area contributed by atoms with E-state index in [1.54, 1.807) is 18.2 Å². The van der Waals surface area contributed by atoms with Crippen LogP contribution in [0.5, 0.6) is 5.75 Å². The smallest absolute Gasteiger partial charge is 0.277 e. The first-order valence-corrected chi connectivity index (χ1v) is 8.40. The molecule has 3 rings (SSSR count). The number of hydrogen-bond acceptors (Lipinski definition) is 6. The molecule has 134 valence electrons. The van der Waals surface area contributed by atoms with Gasteiger partial charge in [0.25, 0.3) is 11.1 Å². The fraction of sp³-hybridized carbons (Fsp3) is 0.118. The summed E-state index contributed by atoms with van der Waals surface area (Å²) in [6, 6.07) is 9.95. The van der Waals surface area contributed by atoms with Gasteiger partial charge in [-0.15, -0.1) is 10.2 Å². The summed E-state index contributed by atoms with van der Waals surface area (Å²) in [4.78, 5) is 11.9.